The summed E-state index contributed by atoms with van der Waals surface area (Å²) in [4.78, 5) is 16.5. The molecule has 2 saturated heterocycles. The predicted octanol–water partition coefficient (Wildman–Crippen LogP) is 1.68. The molecule has 20 heavy (non-hydrogen) atoms. The maximum absolute atomic E-state index is 12.1. The molecule has 2 heterocycles. The lowest BCUT2D eigenvalue weighted by Crippen LogP contribution is -2.57. The molecule has 0 spiro atoms. The van der Waals surface area contributed by atoms with Crippen LogP contribution in [0.1, 0.15) is 41.0 Å². The maximum atomic E-state index is 12.1. The smallest absolute Gasteiger partial charge is 0.410 e. The van der Waals surface area contributed by atoms with Gasteiger partial charge in [-0.05, 0) is 41.0 Å². The second-order valence-corrected chi connectivity index (χ2v) is 7.29. The quantitative estimate of drug-likeness (QED) is 0.795. The molecule has 0 aliphatic carbocycles. The van der Waals surface area contributed by atoms with E-state index in [2.05, 4.69) is 24.1 Å². The summed E-state index contributed by atoms with van der Waals surface area (Å²) in [5, 5.41) is 3.55. The van der Waals surface area contributed by atoms with Crippen LogP contribution in [0, 0.1) is 0 Å². The summed E-state index contributed by atoms with van der Waals surface area (Å²) in [6, 6.07) is 1.53. The van der Waals surface area contributed by atoms with Crippen LogP contribution in [0.2, 0.25) is 0 Å². The Hall–Kier alpha value is -0.810. The molecule has 5 nitrogen and oxygen atoms in total. The number of amides is 1. The fraction of sp³-hybridized carbons (Fsp3) is 0.933. The zero-order valence-electron chi connectivity index (χ0n) is 13.5. The molecule has 2 rings (SSSR count). The first-order valence-electron chi connectivity index (χ1n) is 7.72. The van der Waals surface area contributed by atoms with Gasteiger partial charge in [0.15, 0.2) is 0 Å². The lowest BCUT2D eigenvalue weighted by molar-refractivity contribution is 0.0273. The van der Waals surface area contributed by atoms with Crippen LogP contribution in [0.15, 0.2) is 0 Å². The Balaban J connectivity index is 1.87. The molecule has 0 aromatic heterocycles. The number of ether oxygens (including phenoxy) is 1. The SMILES string of the molecule is C[C@H]1CN([C@@H]2CCN(C(=O)OC(C)(C)C)C2)C[C@H](C)N1. The third-order valence-electron chi connectivity index (χ3n) is 3.92. The molecular weight excluding hydrogens is 254 g/mol. The van der Waals surface area contributed by atoms with Gasteiger partial charge in [0.1, 0.15) is 5.60 Å². The largest absolute Gasteiger partial charge is 0.444 e. The van der Waals surface area contributed by atoms with Crippen LogP contribution >= 0.6 is 0 Å². The summed E-state index contributed by atoms with van der Waals surface area (Å²) in [7, 11) is 0. The standard InChI is InChI=1S/C15H29N3O2/c1-11-8-18(9-12(2)16-11)13-6-7-17(10-13)14(19)20-15(3,4)5/h11-13,16H,6-10H2,1-5H3/t11-,12-,13+/m0/s1. The van der Waals surface area contributed by atoms with Crippen molar-refractivity contribution in [2.45, 2.75) is 64.8 Å². The van der Waals surface area contributed by atoms with Gasteiger partial charge in [-0.1, -0.05) is 0 Å². The molecule has 0 aromatic carbocycles. The first kappa shape index (κ1) is 15.6. The van der Waals surface area contributed by atoms with Crippen molar-refractivity contribution in [3.05, 3.63) is 0 Å². The van der Waals surface area contributed by atoms with Crippen molar-refractivity contribution in [2.24, 2.45) is 0 Å². The molecule has 0 bridgehead atoms. The average molecular weight is 283 g/mol. The summed E-state index contributed by atoms with van der Waals surface area (Å²) in [5.74, 6) is 0. The van der Waals surface area contributed by atoms with Crippen molar-refractivity contribution >= 4 is 6.09 Å². The Bertz CT molecular complexity index is 344. The summed E-state index contributed by atoms with van der Waals surface area (Å²) in [6.45, 7) is 13.9. The molecule has 1 amide bonds. The van der Waals surface area contributed by atoms with Gasteiger partial charge in [-0.2, -0.15) is 0 Å². The van der Waals surface area contributed by atoms with Crippen LogP contribution in [0.3, 0.4) is 0 Å². The molecule has 116 valence electrons. The average Bonchev–Trinajstić information content (AvgIpc) is 2.74. The van der Waals surface area contributed by atoms with Crippen molar-refractivity contribution in [1.29, 1.82) is 0 Å². The predicted molar refractivity (Wildman–Crippen MR) is 79.8 cm³/mol. The highest BCUT2D eigenvalue weighted by Gasteiger charge is 2.35. The fourth-order valence-electron chi connectivity index (χ4n) is 3.20. The molecular formula is C15H29N3O2. The topological polar surface area (TPSA) is 44.8 Å². The van der Waals surface area contributed by atoms with Crippen molar-refractivity contribution in [2.75, 3.05) is 26.2 Å². The van der Waals surface area contributed by atoms with Crippen molar-refractivity contribution in [3.8, 4) is 0 Å². The zero-order chi connectivity index (χ0) is 14.9. The molecule has 2 aliphatic rings. The molecule has 0 saturated carbocycles. The zero-order valence-corrected chi connectivity index (χ0v) is 13.5. The number of piperazine rings is 1. The fourth-order valence-corrected chi connectivity index (χ4v) is 3.20. The van der Waals surface area contributed by atoms with Gasteiger partial charge < -0.3 is 15.0 Å². The third kappa shape index (κ3) is 4.09. The van der Waals surface area contributed by atoms with E-state index in [4.69, 9.17) is 4.74 Å². The van der Waals surface area contributed by atoms with E-state index >= 15 is 0 Å². The van der Waals surface area contributed by atoms with Crippen molar-refractivity contribution < 1.29 is 9.53 Å². The Kier molecular flexibility index (Phi) is 4.59. The number of carbonyl (C=O) groups excluding carboxylic acids is 1. The van der Waals surface area contributed by atoms with Gasteiger partial charge in [-0.25, -0.2) is 4.79 Å². The monoisotopic (exact) mass is 283 g/mol. The minimum Gasteiger partial charge on any atom is -0.444 e. The highest BCUT2D eigenvalue weighted by atomic mass is 16.6. The van der Waals surface area contributed by atoms with Crippen LogP contribution in [0.4, 0.5) is 4.79 Å². The number of hydrogen-bond acceptors (Lipinski definition) is 4. The molecule has 0 unspecified atom stereocenters. The minimum absolute atomic E-state index is 0.170. The van der Waals surface area contributed by atoms with Crippen molar-refractivity contribution in [1.82, 2.24) is 15.1 Å². The van der Waals surface area contributed by atoms with Crippen LogP contribution in [-0.4, -0.2) is 65.8 Å². The molecule has 2 aliphatic heterocycles. The normalized spacial score (nSPS) is 32.5. The van der Waals surface area contributed by atoms with E-state index in [1.807, 2.05) is 25.7 Å². The number of nitrogens with one attached hydrogen (secondary N) is 1. The third-order valence-corrected chi connectivity index (χ3v) is 3.92. The maximum Gasteiger partial charge on any atom is 0.410 e. The van der Waals surface area contributed by atoms with Crippen LogP contribution in [0.5, 0.6) is 0 Å². The lowest BCUT2D eigenvalue weighted by Gasteiger charge is -2.39. The van der Waals surface area contributed by atoms with Crippen LogP contribution < -0.4 is 5.32 Å². The number of likely N-dealkylation sites (tertiary alicyclic amines) is 1. The molecule has 0 aromatic rings. The molecule has 0 radical (unpaired) electrons. The van der Waals surface area contributed by atoms with Gasteiger partial charge in [0.25, 0.3) is 0 Å². The number of carbonyl (C=O) groups is 1. The van der Waals surface area contributed by atoms with E-state index in [9.17, 15) is 4.79 Å². The minimum atomic E-state index is -0.409. The second kappa shape index (κ2) is 5.90. The van der Waals surface area contributed by atoms with Gasteiger partial charge in [-0.3, -0.25) is 4.90 Å². The Morgan fingerprint density at radius 2 is 1.75 bits per heavy atom. The first-order valence-corrected chi connectivity index (χ1v) is 7.72. The Morgan fingerprint density at radius 3 is 2.30 bits per heavy atom. The highest BCUT2D eigenvalue weighted by Crippen LogP contribution is 2.20. The number of hydrogen-bond donors (Lipinski definition) is 1. The van der Waals surface area contributed by atoms with Gasteiger partial charge >= 0.3 is 6.09 Å². The van der Waals surface area contributed by atoms with E-state index in [-0.39, 0.29) is 6.09 Å². The van der Waals surface area contributed by atoms with Crippen molar-refractivity contribution in [3.63, 3.8) is 0 Å². The second-order valence-electron chi connectivity index (χ2n) is 7.29. The number of nitrogens with zero attached hydrogens (tertiary/aromatic N) is 2. The first-order chi connectivity index (χ1) is 9.24. The molecule has 2 fully saturated rings. The molecule has 3 atom stereocenters. The van der Waals surface area contributed by atoms with E-state index < -0.39 is 5.60 Å². The van der Waals surface area contributed by atoms with Gasteiger partial charge in [0, 0.05) is 44.3 Å². The lowest BCUT2D eigenvalue weighted by atomic mass is 10.1. The highest BCUT2D eigenvalue weighted by molar-refractivity contribution is 5.68. The summed E-state index contributed by atoms with van der Waals surface area (Å²) < 4.78 is 5.46. The van der Waals surface area contributed by atoms with Crippen LogP contribution in [-0.2, 0) is 4.74 Å². The summed E-state index contributed by atoms with van der Waals surface area (Å²) in [6.07, 6.45) is 0.884. The van der Waals surface area contributed by atoms with Gasteiger partial charge in [0.05, 0.1) is 0 Å². The van der Waals surface area contributed by atoms with Gasteiger partial charge in [0.2, 0.25) is 0 Å². The van der Waals surface area contributed by atoms with E-state index in [0.29, 0.717) is 18.1 Å². The summed E-state index contributed by atoms with van der Waals surface area (Å²) in [5.41, 5.74) is -0.409. The van der Waals surface area contributed by atoms with E-state index in [0.717, 1.165) is 32.6 Å². The van der Waals surface area contributed by atoms with E-state index in [1.54, 1.807) is 0 Å². The molecule has 5 heteroatoms. The summed E-state index contributed by atoms with van der Waals surface area (Å²) >= 11 is 0. The van der Waals surface area contributed by atoms with Gasteiger partial charge in [-0.15, -0.1) is 0 Å². The molecule has 1 N–H and O–H groups in total. The van der Waals surface area contributed by atoms with E-state index in [1.165, 1.54) is 0 Å². The van der Waals surface area contributed by atoms with Crippen LogP contribution in [0.25, 0.3) is 0 Å². The number of rotatable bonds is 1. The Morgan fingerprint density at radius 1 is 1.15 bits per heavy atom. The Labute approximate surface area is 122 Å².